The normalized spacial score (nSPS) is 18.0. The van der Waals surface area contributed by atoms with Crippen molar-refractivity contribution in [3.63, 3.8) is 0 Å². The van der Waals surface area contributed by atoms with Gasteiger partial charge < -0.3 is 10.4 Å². The van der Waals surface area contributed by atoms with Gasteiger partial charge in [-0.3, -0.25) is 14.9 Å². The number of amides is 3. The second-order valence-electron chi connectivity index (χ2n) is 6.20. The predicted molar refractivity (Wildman–Crippen MR) is 78.8 cm³/mol. The zero-order chi connectivity index (χ0) is 15.9. The van der Waals surface area contributed by atoms with E-state index in [0.717, 1.165) is 19.3 Å². The van der Waals surface area contributed by atoms with E-state index in [4.69, 9.17) is 5.11 Å². The second kappa shape index (κ2) is 8.00. The molecule has 1 fully saturated rings. The Kier molecular flexibility index (Phi) is 6.65. The van der Waals surface area contributed by atoms with Crippen molar-refractivity contribution in [1.82, 2.24) is 10.6 Å². The van der Waals surface area contributed by atoms with Crippen molar-refractivity contribution >= 4 is 17.9 Å². The lowest BCUT2D eigenvalue weighted by molar-refractivity contribution is -0.138. The largest absolute Gasteiger partial charge is 0.481 e. The molecule has 0 aliphatic heterocycles. The van der Waals surface area contributed by atoms with Gasteiger partial charge in [0, 0.05) is 19.4 Å². The smallest absolute Gasteiger partial charge is 0.321 e. The van der Waals surface area contributed by atoms with Crippen molar-refractivity contribution in [2.75, 3.05) is 6.54 Å². The van der Waals surface area contributed by atoms with Crippen molar-refractivity contribution < 1.29 is 19.5 Å². The number of nitrogens with one attached hydrogen (secondary N) is 2. The lowest BCUT2D eigenvalue weighted by Crippen LogP contribution is -2.44. The molecule has 0 aromatic carbocycles. The molecule has 6 heteroatoms. The van der Waals surface area contributed by atoms with Gasteiger partial charge in [-0.05, 0) is 30.6 Å². The Hall–Kier alpha value is -1.59. The minimum absolute atomic E-state index is 0.0403. The van der Waals surface area contributed by atoms with Crippen LogP contribution in [0, 0.1) is 11.3 Å². The van der Waals surface area contributed by atoms with Crippen LogP contribution in [-0.2, 0) is 9.59 Å². The van der Waals surface area contributed by atoms with E-state index in [0.29, 0.717) is 6.54 Å². The van der Waals surface area contributed by atoms with Gasteiger partial charge in [-0.1, -0.05) is 26.7 Å². The topological polar surface area (TPSA) is 95.5 Å². The third-order valence-electron chi connectivity index (χ3n) is 4.35. The molecule has 1 saturated carbocycles. The van der Waals surface area contributed by atoms with Crippen LogP contribution in [0.15, 0.2) is 0 Å². The average Bonchev–Trinajstić information content (AvgIpc) is 2.84. The van der Waals surface area contributed by atoms with Crippen molar-refractivity contribution in [3.8, 4) is 0 Å². The van der Waals surface area contributed by atoms with Gasteiger partial charge in [-0.15, -0.1) is 0 Å². The van der Waals surface area contributed by atoms with Crippen molar-refractivity contribution in [2.24, 2.45) is 11.3 Å². The van der Waals surface area contributed by atoms with E-state index < -0.39 is 17.9 Å². The van der Waals surface area contributed by atoms with Crippen LogP contribution in [0.5, 0.6) is 0 Å². The van der Waals surface area contributed by atoms with Gasteiger partial charge in [0.2, 0.25) is 5.91 Å². The van der Waals surface area contributed by atoms with Gasteiger partial charge in [0.1, 0.15) is 0 Å². The van der Waals surface area contributed by atoms with Gasteiger partial charge in [-0.25, -0.2) is 4.79 Å². The van der Waals surface area contributed by atoms with E-state index in [2.05, 4.69) is 17.6 Å². The third kappa shape index (κ3) is 6.14. The molecule has 0 radical (unpaired) electrons. The Labute approximate surface area is 125 Å². The highest BCUT2D eigenvalue weighted by molar-refractivity contribution is 5.94. The van der Waals surface area contributed by atoms with Crippen LogP contribution >= 0.6 is 0 Å². The molecule has 1 atom stereocenters. The molecule has 120 valence electrons. The summed E-state index contributed by atoms with van der Waals surface area (Å²) in [6.07, 6.45) is 5.62. The standard InChI is InChI=1S/C15H26N2O4/c1-3-15(6-4-5-7-15)10-16-14(21)17-12(18)8-11(2)9-13(19)20/h11H,3-10H2,1-2H3,(H,19,20)(H2,16,17,18,21). The molecule has 3 amide bonds. The number of hydrogen-bond acceptors (Lipinski definition) is 3. The highest BCUT2D eigenvalue weighted by Gasteiger charge is 2.32. The van der Waals surface area contributed by atoms with Gasteiger partial charge in [0.05, 0.1) is 0 Å². The van der Waals surface area contributed by atoms with Crippen LogP contribution in [0.25, 0.3) is 0 Å². The summed E-state index contributed by atoms with van der Waals surface area (Å²) in [6.45, 7) is 4.40. The number of carbonyl (C=O) groups is 3. The quantitative estimate of drug-likeness (QED) is 0.672. The molecule has 1 aliphatic rings. The molecule has 0 aromatic heterocycles. The van der Waals surface area contributed by atoms with Crippen LogP contribution in [0.4, 0.5) is 4.79 Å². The Bertz CT molecular complexity index is 389. The molecule has 0 aromatic rings. The van der Waals surface area contributed by atoms with E-state index in [1.54, 1.807) is 6.92 Å². The van der Waals surface area contributed by atoms with Gasteiger partial charge in [0.25, 0.3) is 0 Å². The average molecular weight is 298 g/mol. The summed E-state index contributed by atoms with van der Waals surface area (Å²) in [5.41, 5.74) is 0.178. The maximum atomic E-state index is 11.7. The Morgan fingerprint density at radius 3 is 2.33 bits per heavy atom. The van der Waals surface area contributed by atoms with Gasteiger partial charge in [-0.2, -0.15) is 0 Å². The van der Waals surface area contributed by atoms with Crippen LogP contribution in [0.3, 0.4) is 0 Å². The SMILES string of the molecule is CCC1(CNC(=O)NC(=O)CC(C)CC(=O)O)CCCC1. The number of aliphatic carboxylic acids is 1. The summed E-state index contributed by atoms with van der Waals surface area (Å²) in [5.74, 6) is -1.66. The molecular formula is C15H26N2O4. The van der Waals surface area contributed by atoms with E-state index >= 15 is 0 Å². The molecule has 1 unspecified atom stereocenters. The maximum Gasteiger partial charge on any atom is 0.321 e. The van der Waals surface area contributed by atoms with E-state index in [1.165, 1.54) is 12.8 Å². The summed E-state index contributed by atoms with van der Waals surface area (Å²) in [6, 6.07) is -0.484. The number of rotatable bonds is 7. The summed E-state index contributed by atoms with van der Waals surface area (Å²) in [4.78, 5) is 33.9. The minimum Gasteiger partial charge on any atom is -0.481 e. The summed E-state index contributed by atoms with van der Waals surface area (Å²) in [5, 5.41) is 13.7. The second-order valence-corrected chi connectivity index (χ2v) is 6.20. The zero-order valence-electron chi connectivity index (χ0n) is 12.9. The molecule has 3 N–H and O–H groups in total. The molecule has 1 rings (SSSR count). The number of hydrogen-bond donors (Lipinski definition) is 3. The summed E-state index contributed by atoms with van der Waals surface area (Å²) >= 11 is 0. The first kappa shape index (κ1) is 17.5. The Morgan fingerprint density at radius 2 is 1.81 bits per heavy atom. The Morgan fingerprint density at radius 1 is 1.19 bits per heavy atom. The fourth-order valence-corrected chi connectivity index (χ4v) is 2.96. The van der Waals surface area contributed by atoms with Crippen LogP contribution in [0.1, 0.15) is 58.8 Å². The highest BCUT2D eigenvalue weighted by Crippen LogP contribution is 2.40. The van der Waals surface area contributed by atoms with Crippen LogP contribution < -0.4 is 10.6 Å². The predicted octanol–water partition coefficient (Wildman–Crippen LogP) is 2.28. The third-order valence-corrected chi connectivity index (χ3v) is 4.35. The fraction of sp³-hybridized carbons (Fsp3) is 0.800. The molecule has 0 bridgehead atoms. The molecule has 0 saturated heterocycles. The fourth-order valence-electron chi connectivity index (χ4n) is 2.96. The number of carboxylic acids is 1. The number of carbonyl (C=O) groups excluding carboxylic acids is 2. The Balaban J connectivity index is 2.29. The molecular weight excluding hydrogens is 272 g/mol. The first-order valence-electron chi connectivity index (χ1n) is 7.66. The monoisotopic (exact) mass is 298 g/mol. The highest BCUT2D eigenvalue weighted by atomic mass is 16.4. The molecule has 0 spiro atoms. The number of imide groups is 1. The van der Waals surface area contributed by atoms with Crippen LogP contribution in [0.2, 0.25) is 0 Å². The molecule has 0 heterocycles. The first-order chi connectivity index (χ1) is 9.87. The van der Waals surface area contributed by atoms with Crippen molar-refractivity contribution in [3.05, 3.63) is 0 Å². The minimum atomic E-state index is -0.939. The van der Waals surface area contributed by atoms with Crippen molar-refractivity contribution in [1.29, 1.82) is 0 Å². The van der Waals surface area contributed by atoms with E-state index in [1.807, 2.05) is 0 Å². The molecule has 6 nitrogen and oxygen atoms in total. The first-order valence-corrected chi connectivity index (χ1v) is 7.66. The maximum absolute atomic E-state index is 11.7. The molecule has 21 heavy (non-hydrogen) atoms. The van der Waals surface area contributed by atoms with E-state index in [9.17, 15) is 14.4 Å². The lowest BCUT2D eigenvalue weighted by Gasteiger charge is -2.27. The lowest BCUT2D eigenvalue weighted by atomic mass is 9.83. The van der Waals surface area contributed by atoms with Crippen molar-refractivity contribution in [2.45, 2.75) is 58.8 Å². The number of urea groups is 1. The molecule has 1 aliphatic carbocycles. The zero-order valence-corrected chi connectivity index (χ0v) is 12.9. The summed E-state index contributed by atoms with van der Waals surface area (Å²) < 4.78 is 0. The van der Waals surface area contributed by atoms with Gasteiger partial charge in [0.15, 0.2) is 0 Å². The summed E-state index contributed by atoms with van der Waals surface area (Å²) in [7, 11) is 0. The van der Waals surface area contributed by atoms with Gasteiger partial charge >= 0.3 is 12.0 Å². The van der Waals surface area contributed by atoms with Crippen LogP contribution in [-0.4, -0.2) is 29.6 Å². The van der Waals surface area contributed by atoms with E-state index in [-0.39, 0.29) is 24.2 Å². The number of carboxylic acid groups (broad SMARTS) is 1.